The van der Waals surface area contributed by atoms with Crippen LogP contribution in [-0.4, -0.2) is 82.1 Å². The molecule has 0 spiro atoms. The zero-order valence-electron chi connectivity index (χ0n) is 25.3. The van der Waals surface area contributed by atoms with Crippen LogP contribution in [0.4, 0.5) is 34.3 Å². The van der Waals surface area contributed by atoms with E-state index in [0.29, 0.717) is 56.2 Å². The third kappa shape index (κ3) is 7.84. The van der Waals surface area contributed by atoms with Crippen LogP contribution in [-0.2, 0) is 22.3 Å². The summed E-state index contributed by atoms with van der Waals surface area (Å²) in [6.45, 7) is 9.76. The highest BCUT2D eigenvalue weighted by Gasteiger charge is 2.34. The number of benzene rings is 1. The molecule has 1 N–H and O–H groups in total. The Balaban J connectivity index is 1.37. The number of rotatable bonds is 10. The number of hydrogen-bond donors (Lipinski definition) is 1. The monoisotopic (exact) mass is 669 g/mol. The molecule has 2 fully saturated rings. The SMILES string of the molecule is CCOC(=O)CCN1CCN(c2ncnc(Nc3nc(-c4ccc(Cl)c(C(F)(F)F)c4)c(CN4CCC[C@H]4C)s3)c2F)C[C@@H]1C. The third-order valence-electron chi connectivity index (χ3n) is 8.25. The van der Waals surface area contributed by atoms with Gasteiger partial charge in [0.15, 0.2) is 16.8 Å². The fraction of sp³-hybridized carbons (Fsp3) is 0.533. The van der Waals surface area contributed by atoms with Crippen LogP contribution < -0.4 is 10.2 Å². The molecule has 0 bridgehead atoms. The molecule has 0 saturated carbocycles. The topological polar surface area (TPSA) is 86.7 Å². The molecule has 2 aromatic heterocycles. The number of carbonyl (C=O) groups excluding carboxylic acids is 1. The molecule has 15 heteroatoms. The van der Waals surface area contributed by atoms with Gasteiger partial charge in [-0.1, -0.05) is 29.0 Å². The van der Waals surface area contributed by atoms with Gasteiger partial charge in [-0.3, -0.25) is 14.6 Å². The quantitative estimate of drug-likeness (QED) is 0.190. The first-order valence-electron chi connectivity index (χ1n) is 15.0. The van der Waals surface area contributed by atoms with Crippen LogP contribution in [0, 0.1) is 5.82 Å². The molecule has 5 rings (SSSR count). The van der Waals surface area contributed by atoms with E-state index in [1.165, 1.54) is 29.8 Å². The lowest BCUT2D eigenvalue weighted by Crippen LogP contribution is -2.52. The number of halogens is 5. The predicted molar refractivity (Wildman–Crippen MR) is 166 cm³/mol. The molecule has 0 radical (unpaired) electrons. The van der Waals surface area contributed by atoms with Crippen LogP contribution in [0.5, 0.6) is 0 Å². The minimum absolute atomic E-state index is 0.0389. The van der Waals surface area contributed by atoms with E-state index in [1.807, 2.05) is 11.8 Å². The Morgan fingerprint density at radius 1 is 1.16 bits per heavy atom. The van der Waals surface area contributed by atoms with Crippen LogP contribution in [0.1, 0.15) is 50.5 Å². The number of alkyl halides is 3. The summed E-state index contributed by atoms with van der Waals surface area (Å²) < 4.78 is 62.0. The van der Waals surface area contributed by atoms with Crippen molar-refractivity contribution >= 4 is 45.7 Å². The van der Waals surface area contributed by atoms with E-state index in [4.69, 9.17) is 16.3 Å². The molecule has 2 aliphatic rings. The number of aromatic nitrogens is 3. The summed E-state index contributed by atoms with van der Waals surface area (Å²) >= 11 is 7.15. The normalized spacial score (nSPS) is 19.7. The number of carbonyl (C=O) groups is 1. The van der Waals surface area contributed by atoms with Gasteiger partial charge in [0.05, 0.1) is 29.3 Å². The lowest BCUT2D eigenvalue weighted by atomic mass is 10.1. The minimum Gasteiger partial charge on any atom is -0.466 e. The highest BCUT2D eigenvalue weighted by atomic mass is 35.5. The van der Waals surface area contributed by atoms with E-state index in [1.54, 1.807) is 6.92 Å². The molecule has 2 aliphatic heterocycles. The highest BCUT2D eigenvalue weighted by Crippen LogP contribution is 2.40. The molecule has 0 amide bonds. The number of thiazole rings is 1. The van der Waals surface area contributed by atoms with Gasteiger partial charge < -0.3 is 15.0 Å². The van der Waals surface area contributed by atoms with E-state index in [-0.39, 0.29) is 40.7 Å². The zero-order chi connectivity index (χ0) is 32.3. The van der Waals surface area contributed by atoms with Gasteiger partial charge in [-0.25, -0.2) is 15.0 Å². The van der Waals surface area contributed by atoms with Gasteiger partial charge in [-0.2, -0.15) is 17.6 Å². The highest BCUT2D eigenvalue weighted by molar-refractivity contribution is 7.16. The number of esters is 1. The summed E-state index contributed by atoms with van der Waals surface area (Å²) in [5.41, 5.74) is -0.283. The number of piperazine rings is 1. The van der Waals surface area contributed by atoms with Crippen LogP contribution in [0.2, 0.25) is 5.02 Å². The van der Waals surface area contributed by atoms with Gasteiger partial charge in [0.25, 0.3) is 0 Å². The first kappa shape index (κ1) is 33.3. The largest absolute Gasteiger partial charge is 0.466 e. The van der Waals surface area contributed by atoms with Crippen LogP contribution in [0.15, 0.2) is 24.5 Å². The van der Waals surface area contributed by atoms with Crippen molar-refractivity contribution in [2.75, 3.05) is 49.5 Å². The van der Waals surface area contributed by atoms with E-state index in [9.17, 15) is 18.0 Å². The Bertz CT molecular complexity index is 1510. The molecular formula is C30H36ClF4N7O2S. The molecule has 1 aromatic carbocycles. The van der Waals surface area contributed by atoms with Crippen molar-refractivity contribution in [1.82, 2.24) is 24.8 Å². The second-order valence-electron chi connectivity index (χ2n) is 11.3. The molecule has 244 valence electrons. The first-order chi connectivity index (χ1) is 21.4. The van der Waals surface area contributed by atoms with Gasteiger partial charge in [0.1, 0.15) is 6.33 Å². The lowest BCUT2D eigenvalue weighted by Gasteiger charge is -2.40. The van der Waals surface area contributed by atoms with Crippen LogP contribution in [0.3, 0.4) is 0 Å². The van der Waals surface area contributed by atoms with E-state index < -0.39 is 17.6 Å². The van der Waals surface area contributed by atoms with Gasteiger partial charge >= 0.3 is 12.1 Å². The Morgan fingerprint density at radius 2 is 1.96 bits per heavy atom. The smallest absolute Gasteiger partial charge is 0.417 e. The first-order valence-corrected chi connectivity index (χ1v) is 16.2. The van der Waals surface area contributed by atoms with E-state index in [2.05, 4.69) is 37.0 Å². The summed E-state index contributed by atoms with van der Waals surface area (Å²) in [5, 5.41) is 2.88. The molecule has 3 aromatic rings. The van der Waals surface area contributed by atoms with Crippen LogP contribution in [0.25, 0.3) is 11.3 Å². The van der Waals surface area contributed by atoms with Crippen molar-refractivity contribution in [3.05, 3.63) is 45.8 Å². The summed E-state index contributed by atoms with van der Waals surface area (Å²) in [7, 11) is 0. The van der Waals surface area contributed by atoms with Gasteiger partial charge in [0, 0.05) is 55.2 Å². The van der Waals surface area contributed by atoms with Crippen molar-refractivity contribution in [1.29, 1.82) is 0 Å². The Morgan fingerprint density at radius 3 is 2.64 bits per heavy atom. The maximum absolute atomic E-state index is 15.9. The molecule has 9 nitrogen and oxygen atoms in total. The molecular weight excluding hydrogens is 634 g/mol. The van der Waals surface area contributed by atoms with Crippen molar-refractivity contribution in [2.45, 2.75) is 64.8 Å². The van der Waals surface area contributed by atoms with E-state index >= 15 is 4.39 Å². The van der Waals surface area contributed by atoms with Crippen molar-refractivity contribution in [3.63, 3.8) is 0 Å². The summed E-state index contributed by atoms with van der Waals surface area (Å²) in [5.74, 6) is -0.836. The van der Waals surface area contributed by atoms with Gasteiger partial charge in [-0.05, 0) is 52.3 Å². The second-order valence-corrected chi connectivity index (χ2v) is 12.8. The molecule has 0 aliphatic carbocycles. The van der Waals surface area contributed by atoms with E-state index in [0.717, 1.165) is 30.3 Å². The lowest BCUT2D eigenvalue weighted by molar-refractivity contribution is -0.143. The fourth-order valence-corrected chi connectivity index (χ4v) is 7.03. The molecule has 45 heavy (non-hydrogen) atoms. The average Bonchev–Trinajstić information content (AvgIpc) is 3.58. The Hall–Kier alpha value is -3.07. The fourth-order valence-electron chi connectivity index (χ4n) is 5.80. The maximum atomic E-state index is 15.9. The summed E-state index contributed by atoms with van der Waals surface area (Å²) in [6, 6.07) is 4.11. The van der Waals surface area contributed by atoms with Gasteiger partial charge in [-0.15, -0.1) is 0 Å². The number of ether oxygens (including phenoxy) is 1. The zero-order valence-corrected chi connectivity index (χ0v) is 26.9. The number of anilines is 3. The summed E-state index contributed by atoms with van der Waals surface area (Å²) in [4.78, 5) is 31.8. The summed E-state index contributed by atoms with van der Waals surface area (Å²) in [6.07, 6.45) is -0.999. The van der Waals surface area contributed by atoms with Gasteiger partial charge in [0.2, 0.25) is 5.82 Å². The number of likely N-dealkylation sites (tertiary alicyclic amines) is 1. The number of nitrogens with one attached hydrogen (secondary N) is 1. The Labute approximate surface area is 268 Å². The van der Waals surface area contributed by atoms with Crippen molar-refractivity contribution in [2.24, 2.45) is 0 Å². The molecule has 2 atom stereocenters. The number of nitrogens with zero attached hydrogens (tertiary/aromatic N) is 6. The van der Waals surface area contributed by atoms with Crippen LogP contribution >= 0.6 is 22.9 Å². The Kier molecular flexibility index (Phi) is 10.5. The van der Waals surface area contributed by atoms with Crippen molar-refractivity contribution in [3.8, 4) is 11.3 Å². The molecule has 4 heterocycles. The predicted octanol–water partition coefficient (Wildman–Crippen LogP) is 6.60. The third-order valence-corrected chi connectivity index (χ3v) is 9.53. The maximum Gasteiger partial charge on any atom is 0.417 e. The minimum atomic E-state index is -4.63. The average molecular weight is 670 g/mol. The molecule has 0 unspecified atom stereocenters. The standard InChI is InChI=1S/C30H36ClF4N7O2S/c1-4-44-24(43)9-11-40-12-13-42(15-19(40)3)28-25(32)27(36-17-37-28)39-29-38-26(23(45-29)16-41-10-5-6-18(41)2)20-7-8-22(31)21(14-20)30(33,34)35/h7-8,14,17-19H,4-6,9-13,15-16H2,1-3H3,(H,36,37,38,39)/t18-,19+/m1/s1. The molecule has 2 saturated heterocycles. The second kappa shape index (κ2) is 14.1. The van der Waals surface area contributed by atoms with Crippen molar-refractivity contribution < 1.29 is 27.1 Å². The number of hydrogen-bond acceptors (Lipinski definition) is 10.